The van der Waals surface area contributed by atoms with E-state index < -0.39 is 12.1 Å². The number of amides is 2. The van der Waals surface area contributed by atoms with Gasteiger partial charge in [-0.15, -0.1) is 0 Å². The van der Waals surface area contributed by atoms with Crippen molar-refractivity contribution in [3.8, 4) is 11.1 Å². The number of nitrogens with one attached hydrogen (secondary N) is 1. The lowest BCUT2D eigenvalue weighted by Crippen LogP contribution is -2.55. The summed E-state index contributed by atoms with van der Waals surface area (Å²) in [5, 5.41) is 3.08. The lowest BCUT2D eigenvalue weighted by molar-refractivity contribution is -0.142. The molecule has 0 spiro atoms. The largest absolute Gasteiger partial charge is 0.363 e. The standard InChI is InChI=1S/C41H49N5O2/c1-31(13-12-25-41(2,3)42)45(4)38(30-34-18-20-36(21-19-34)35-16-10-7-11-17-35)40(48)46(5)37(29-33-14-8-6-9-15-33)39(47)44-28-24-32-22-26-43-27-23-32/h6-23,26-27,37-38H,1,24-25,28-30,42H2,2-5H3,(H,44,47)/b13-12+/t37?,38-/m1/s1. The number of allylic oxidation sites excluding steroid dienone is 1. The third-order valence-corrected chi connectivity index (χ3v) is 8.50. The Morgan fingerprint density at radius 3 is 1.98 bits per heavy atom. The number of carbonyl (C=O) groups is 2. The van der Waals surface area contributed by atoms with Gasteiger partial charge < -0.3 is 20.9 Å². The molecule has 48 heavy (non-hydrogen) atoms. The van der Waals surface area contributed by atoms with Crippen LogP contribution in [0.5, 0.6) is 0 Å². The smallest absolute Gasteiger partial charge is 0.246 e. The Hall–Kier alpha value is -5.01. The molecule has 0 saturated heterocycles. The van der Waals surface area contributed by atoms with Gasteiger partial charge in [-0.2, -0.15) is 0 Å². The monoisotopic (exact) mass is 643 g/mol. The molecule has 1 unspecified atom stereocenters. The average Bonchev–Trinajstić information content (AvgIpc) is 3.09. The van der Waals surface area contributed by atoms with Gasteiger partial charge in [0, 0.05) is 57.1 Å². The fourth-order valence-corrected chi connectivity index (χ4v) is 5.52. The summed E-state index contributed by atoms with van der Waals surface area (Å²) in [5.74, 6) is -0.357. The number of carbonyl (C=O) groups excluding carboxylic acids is 2. The lowest BCUT2D eigenvalue weighted by Gasteiger charge is -2.36. The van der Waals surface area contributed by atoms with Gasteiger partial charge in [-0.1, -0.05) is 97.6 Å². The minimum atomic E-state index is -0.712. The average molecular weight is 644 g/mol. The van der Waals surface area contributed by atoms with Gasteiger partial charge in [0.15, 0.2) is 0 Å². The van der Waals surface area contributed by atoms with E-state index in [1.807, 2.05) is 98.6 Å². The van der Waals surface area contributed by atoms with Gasteiger partial charge in [0.1, 0.15) is 12.1 Å². The maximum atomic E-state index is 14.6. The van der Waals surface area contributed by atoms with Crippen molar-refractivity contribution in [2.24, 2.45) is 5.73 Å². The van der Waals surface area contributed by atoms with Crippen molar-refractivity contribution >= 4 is 11.8 Å². The topological polar surface area (TPSA) is 91.6 Å². The van der Waals surface area contributed by atoms with Gasteiger partial charge in [-0.25, -0.2) is 0 Å². The van der Waals surface area contributed by atoms with Crippen LogP contribution in [0.2, 0.25) is 0 Å². The summed E-state index contributed by atoms with van der Waals surface area (Å²) < 4.78 is 0. The number of rotatable bonds is 16. The van der Waals surface area contributed by atoms with Crippen molar-refractivity contribution in [1.29, 1.82) is 0 Å². The third kappa shape index (κ3) is 10.8. The van der Waals surface area contributed by atoms with Crippen molar-refractivity contribution in [3.05, 3.63) is 151 Å². The zero-order valence-corrected chi connectivity index (χ0v) is 28.7. The van der Waals surface area contributed by atoms with E-state index in [0.717, 1.165) is 27.8 Å². The highest BCUT2D eigenvalue weighted by Crippen LogP contribution is 2.22. The Labute approximate surface area is 286 Å². The Morgan fingerprint density at radius 2 is 1.35 bits per heavy atom. The van der Waals surface area contributed by atoms with Crippen LogP contribution in [-0.4, -0.2) is 64.9 Å². The van der Waals surface area contributed by atoms with E-state index in [2.05, 4.69) is 53.3 Å². The van der Waals surface area contributed by atoms with Crippen molar-refractivity contribution < 1.29 is 9.59 Å². The third-order valence-electron chi connectivity index (χ3n) is 8.50. The molecule has 2 amide bonds. The van der Waals surface area contributed by atoms with Crippen LogP contribution < -0.4 is 11.1 Å². The van der Waals surface area contributed by atoms with Crippen molar-refractivity contribution in [1.82, 2.24) is 20.1 Å². The number of hydrogen-bond acceptors (Lipinski definition) is 5. The lowest BCUT2D eigenvalue weighted by atomic mass is 9.97. The highest BCUT2D eigenvalue weighted by molar-refractivity contribution is 5.90. The Morgan fingerprint density at radius 1 is 0.792 bits per heavy atom. The van der Waals surface area contributed by atoms with Crippen LogP contribution in [0.25, 0.3) is 11.1 Å². The first-order valence-corrected chi connectivity index (χ1v) is 16.5. The zero-order valence-electron chi connectivity index (χ0n) is 28.7. The number of pyridine rings is 1. The summed E-state index contributed by atoms with van der Waals surface area (Å²) in [5.41, 5.74) is 11.8. The van der Waals surface area contributed by atoms with Crippen LogP contribution in [-0.2, 0) is 28.9 Å². The van der Waals surface area contributed by atoms with E-state index in [1.54, 1.807) is 24.3 Å². The fourth-order valence-electron chi connectivity index (χ4n) is 5.52. The molecule has 0 aliphatic heterocycles. The number of aromatic nitrogens is 1. The molecule has 250 valence electrons. The van der Waals surface area contributed by atoms with Gasteiger partial charge in [-0.3, -0.25) is 14.6 Å². The number of nitrogens with zero attached hydrogens (tertiary/aromatic N) is 3. The number of hydrogen-bond donors (Lipinski definition) is 2. The first-order chi connectivity index (χ1) is 23.0. The van der Waals surface area contributed by atoms with E-state index in [-0.39, 0.29) is 17.4 Å². The molecular formula is C41H49N5O2. The summed E-state index contributed by atoms with van der Waals surface area (Å²) in [4.78, 5) is 35.9. The van der Waals surface area contributed by atoms with E-state index in [4.69, 9.17) is 5.73 Å². The number of likely N-dealkylation sites (N-methyl/N-ethyl adjacent to an activating group) is 2. The molecule has 0 saturated carbocycles. The molecule has 4 aromatic rings. The summed E-state index contributed by atoms with van der Waals surface area (Å²) >= 11 is 0. The molecule has 0 bridgehead atoms. The van der Waals surface area contributed by atoms with Crippen LogP contribution in [0, 0.1) is 0 Å². The van der Waals surface area contributed by atoms with Crippen LogP contribution in [0.4, 0.5) is 0 Å². The second-order valence-corrected chi connectivity index (χ2v) is 13.0. The first kappa shape index (κ1) is 35.8. The van der Waals surface area contributed by atoms with Gasteiger partial charge >= 0.3 is 0 Å². The molecule has 0 aliphatic carbocycles. The minimum Gasteiger partial charge on any atom is -0.363 e. The Bertz CT molecular complexity index is 1630. The molecule has 4 rings (SSSR count). The second-order valence-electron chi connectivity index (χ2n) is 13.0. The first-order valence-electron chi connectivity index (χ1n) is 16.5. The van der Waals surface area contributed by atoms with E-state index in [9.17, 15) is 9.59 Å². The summed E-state index contributed by atoms with van der Waals surface area (Å²) in [6.07, 6.45) is 9.55. The van der Waals surface area contributed by atoms with Crippen molar-refractivity contribution in [2.45, 2.75) is 57.2 Å². The predicted molar refractivity (Wildman–Crippen MR) is 196 cm³/mol. The molecule has 3 aromatic carbocycles. The van der Waals surface area contributed by atoms with Crippen molar-refractivity contribution in [2.75, 3.05) is 20.6 Å². The quantitative estimate of drug-likeness (QED) is 0.142. The minimum absolute atomic E-state index is 0.163. The SMILES string of the molecule is C=C(/C=C/CC(C)(C)N)N(C)[C@H](Cc1ccc(-c2ccccc2)cc1)C(=O)N(C)C(Cc1ccccc1)C(=O)NCCc1ccncc1. The van der Waals surface area contributed by atoms with Crippen LogP contribution in [0.1, 0.15) is 37.0 Å². The maximum Gasteiger partial charge on any atom is 0.246 e. The second kappa shape index (κ2) is 17.2. The Balaban J connectivity index is 1.59. The highest BCUT2D eigenvalue weighted by Gasteiger charge is 2.34. The molecule has 0 radical (unpaired) electrons. The maximum absolute atomic E-state index is 14.6. The fraction of sp³-hybridized carbons (Fsp3) is 0.293. The molecule has 0 fully saturated rings. The van der Waals surface area contributed by atoms with Crippen LogP contribution >= 0.6 is 0 Å². The number of benzene rings is 3. The molecule has 3 N–H and O–H groups in total. The van der Waals surface area contributed by atoms with Gasteiger partial charge in [-0.05, 0) is 72.7 Å². The van der Waals surface area contributed by atoms with Gasteiger partial charge in [0.05, 0.1) is 0 Å². The molecule has 7 nitrogen and oxygen atoms in total. The molecular weight excluding hydrogens is 594 g/mol. The van der Waals surface area contributed by atoms with E-state index in [0.29, 0.717) is 37.9 Å². The predicted octanol–water partition coefficient (Wildman–Crippen LogP) is 6.22. The van der Waals surface area contributed by atoms with E-state index in [1.165, 1.54) is 0 Å². The molecule has 7 heteroatoms. The summed E-state index contributed by atoms with van der Waals surface area (Å²) in [7, 11) is 3.61. The van der Waals surface area contributed by atoms with E-state index >= 15 is 0 Å². The van der Waals surface area contributed by atoms with Crippen LogP contribution in [0.3, 0.4) is 0 Å². The molecule has 0 aliphatic rings. The normalized spacial score (nSPS) is 12.7. The molecule has 1 heterocycles. The molecule has 1 aromatic heterocycles. The number of nitrogens with two attached hydrogens (primary N) is 1. The summed E-state index contributed by atoms with van der Waals surface area (Å²) in [6, 6.07) is 30.9. The zero-order chi connectivity index (χ0) is 34.5. The molecule has 2 atom stereocenters. The van der Waals surface area contributed by atoms with Crippen LogP contribution in [0.15, 0.2) is 134 Å². The van der Waals surface area contributed by atoms with Crippen molar-refractivity contribution in [3.63, 3.8) is 0 Å². The van der Waals surface area contributed by atoms with Gasteiger partial charge in [0.25, 0.3) is 0 Å². The summed E-state index contributed by atoms with van der Waals surface area (Å²) in [6.45, 7) is 8.69. The highest BCUT2D eigenvalue weighted by atomic mass is 16.2. The van der Waals surface area contributed by atoms with Gasteiger partial charge in [0.2, 0.25) is 11.8 Å². The Kier molecular flexibility index (Phi) is 12.9.